The Balaban J connectivity index is 3.01. The fraction of sp³-hybridized carbons (Fsp3) is 0.667. The van der Waals surface area contributed by atoms with Gasteiger partial charge in [-0.2, -0.15) is 0 Å². The van der Waals surface area contributed by atoms with E-state index in [1.165, 1.54) is 13.6 Å². The lowest BCUT2D eigenvalue weighted by molar-refractivity contribution is -0.142. The van der Waals surface area contributed by atoms with Gasteiger partial charge in [0.2, 0.25) is 0 Å². The molecule has 5 nitrogen and oxygen atoms in total. The lowest BCUT2D eigenvalue weighted by Gasteiger charge is -1.99. The van der Waals surface area contributed by atoms with Crippen LogP contribution in [0, 0.1) is 0 Å². The molecule has 0 aromatic carbocycles. The SMILES string of the molecule is COC(=O)CCOCO[C]=O. The summed E-state index contributed by atoms with van der Waals surface area (Å²) in [5.74, 6) is -0.361. The monoisotopic (exact) mass is 161 g/mol. The Bertz CT molecular complexity index is 122. The summed E-state index contributed by atoms with van der Waals surface area (Å²) in [6.45, 7) is 1.17. The van der Waals surface area contributed by atoms with Gasteiger partial charge in [0.25, 0.3) is 0 Å². The lowest BCUT2D eigenvalue weighted by Crippen LogP contribution is -2.07. The van der Waals surface area contributed by atoms with Crippen LogP contribution in [0.3, 0.4) is 0 Å². The molecule has 63 valence electrons. The van der Waals surface area contributed by atoms with Crippen molar-refractivity contribution in [3.8, 4) is 0 Å². The van der Waals surface area contributed by atoms with Gasteiger partial charge in [-0.3, -0.25) is 4.79 Å². The smallest absolute Gasteiger partial charge is 0.419 e. The molecule has 0 aromatic heterocycles. The Morgan fingerprint density at radius 3 is 2.82 bits per heavy atom. The number of carbonyl (C=O) groups is 1. The number of carbonyl (C=O) groups excluding carboxylic acids is 2. The third-order valence-corrected chi connectivity index (χ3v) is 0.879. The molecule has 0 heterocycles. The van der Waals surface area contributed by atoms with Crippen molar-refractivity contribution in [3.05, 3.63) is 0 Å². The zero-order chi connectivity index (χ0) is 8.53. The summed E-state index contributed by atoms with van der Waals surface area (Å²) in [6.07, 6.45) is 0.152. The summed E-state index contributed by atoms with van der Waals surface area (Å²) < 4.78 is 13.0. The number of methoxy groups -OCH3 is 1. The first-order valence-electron chi connectivity index (χ1n) is 2.94. The Morgan fingerprint density at radius 1 is 1.55 bits per heavy atom. The van der Waals surface area contributed by atoms with E-state index in [-0.39, 0.29) is 25.8 Å². The quantitative estimate of drug-likeness (QED) is 0.301. The fourth-order valence-corrected chi connectivity index (χ4v) is 0.382. The van der Waals surface area contributed by atoms with Crippen molar-refractivity contribution in [2.24, 2.45) is 0 Å². The number of esters is 1. The summed E-state index contributed by atoms with van der Waals surface area (Å²) in [6, 6.07) is 0. The number of rotatable bonds is 6. The molecule has 0 unspecified atom stereocenters. The Kier molecular flexibility index (Phi) is 6.31. The topological polar surface area (TPSA) is 61.8 Å². The van der Waals surface area contributed by atoms with E-state index >= 15 is 0 Å². The van der Waals surface area contributed by atoms with Crippen LogP contribution in [-0.4, -0.2) is 33.0 Å². The van der Waals surface area contributed by atoms with Crippen LogP contribution in [0.4, 0.5) is 0 Å². The molecule has 11 heavy (non-hydrogen) atoms. The minimum atomic E-state index is -0.361. The van der Waals surface area contributed by atoms with Crippen LogP contribution in [0.15, 0.2) is 0 Å². The minimum absolute atomic E-state index is 0.152. The van der Waals surface area contributed by atoms with Crippen LogP contribution < -0.4 is 0 Å². The highest BCUT2D eigenvalue weighted by molar-refractivity contribution is 5.69. The maximum atomic E-state index is 10.4. The van der Waals surface area contributed by atoms with Gasteiger partial charge in [-0.15, -0.1) is 0 Å². The van der Waals surface area contributed by atoms with Crippen LogP contribution in [0.2, 0.25) is 0 Å². The Hall–Kier alpha value is -1.10. The first kappa shape index (κ1) is 9.90. The molecule has 0 saturated carbocycles. The van der Waals surface area contributed by atoms with Gasteiger partial charge < -0.3 is 14.2 Å². The van der Waals surface area contributed by atoms with Gasteiger partial charge in [0, 0.05) is 0 Å². The maximum Gasteiger partial charge on any atom is 0.419 e. The molecule has 0 fully saturated rings. The molecular formula is C6H9O5. The van der Waals surface area contributed by atoms with Crippen LogP contribution in [0.5, 0.6) is 0 Å². The fourth-order valence-electron chi connectivity index (χ4n) is 0.382. The van der Waals surface area contributed by atoms with Crippen LogP contribution in [-0.2, 0) is 23.8 Å². The average Bonchev–Trinajstić information content (AvgIpc) is 2.04. The van der Waals surface area contributed by atoms with E-state index in [9.17, 15) is 9.59 Å². The summed E-state index contributed by atoms with van der Waals surface area (Å²) in [5.41, 5.74) is 0. The third-order valence-electron chi connectivity index (χ3n) is 0.879. The molecule has 0 N–H and O–H groups in total. The summed E-state index contributed by atoms with van der Waals surface area (Å²) in [5, 5.41) is 0. The molecule has 0 aromatic rings. The maximum absolute atomic E-state index is 10.4. The molecule has 0 saturated heterocycles. The Labute approximate surface area is 64.2 Å². The highest BCUT2D eigenvalue weighted by Crippen LogP contribution is 1.85. The van der Waals surface area contributed by atoms with E-state index in [1.54, 1.807) is 0 Å². The summed E-state index contributed by atoms with van der Waals surface area (Å²) >= 11 is 0. The average molecular weight is 161 g/mol. The highest BCUT2D eigenvalue weighted by Gasteiger charge is 1.98. The number of ether oxygens (including phenoxy) is 3. The van der Waals surface area contributed by atoms with Crippen LogP contribution >= 0.6 is 0 Å². The third kappa shape index (κ3) is 6.79. The van der Waals surface area contributed by atoms with Crippen molar-refractivity contribution in [2.45, 2.75) is 6.42 Å². The van der Waals surface area contributed by atoms with Gasteiger partial charge in [0.1, 0.15) is 0 Å². The molecule has 0 amide bonds. The molecule has 0 rings (SSSR count). The van der Waals surface area contributed by atoms with Crippen molar-refractivity contribution >= 4 is 12.4 Å². The lowest BCUT2D eigenvalue weighted by atomic mass is 10.5. The Morgan fingerprint density at radius 2 is 2.27 bits per heavy atom. The molecule has 0 atom stereocenters. The van der Waals surface area contributed by atoms with Crippen molar-refractivity contribution in [1.29, 1.82) is 0 Å². The molecule has 0 aliphatic heterocycles. The van der Waals surface area contributed by atoms with Gasteiger partial charge in [-0.25, -0.2) is 4.79 Å². The molecule has 0 aliphatic rings. The van der Waals surface area contributed by atoms with Crippen molar-refractivity contribution in [2.75, 3.05) is 20.5 Å². The van der Waals surface area contributed by atoms with E-state index in [0.717, 1.165) is 0 Å². The molecular weight excluding hydrogens is 152 g/mol. The van der Waals surface area contributed by atoms with E-state index < -0.39 is 0 Å². The van der Waals surface area contributed by atoms with Gasteiger partial charge in [-0.05, 0) is 0 Å². The normalized spacial score (nSPS) is 8.82. The first-order chi connectivity index (χ1) is 5.31. The highest BCUT2D eigenvalue weighted by atomic mass is 16.7. The van der Waals surface area contributed by atoms with Gasteiger partial charge in [-0.1, -0.05) is 0 Å². The number of hydrogen-bond acceptors (Lipinski definition) is 5. The number of hydrogen-bond donors (Lipinski definition) is 0. The predicted octanol–water partition coefficient (Wildman–Crippen LogP) is -0.393. The second-order valence-corrected chi connectivity index (χ2v) is 1.58. The van der Waals surface area contributed by atoms with E-state index in [2.05, 4.69) is 14.2 Å². The molecule has 0 bridgehead atoms. The van der Waals surface area contributed by atoms with E-state index in [0.29, 0.717) is 0 Å². The zero-order valence-corrected chi connectivity index (χ0v) is 6.16. The van der Waals surface area contributed by atoms with Gasteiger partial charge in [0.15, 0.2) is 6.79 Å². The van der Waals surface area contributed by atoms with Crippen molar-refractivity contribution in [1.82, 2.24) is 0 Å². The van der Waals surface area contributed by atoms with E-state index in [4.69, 9.17) is 0 Å². The molecule has 0 spiro atoms. The van der Waals surface area contributed by atoms with Gasteiger partial charge >= 0.3 is 12.4 Å². The molecule has 1 radical (unpaired) electrons. The summed E-state index contributed by atoms with van der Waals surface area (Å²) in [4.78, 5) is 19.9. The molecule has 5 heteroatoms. The van der Waals surface area contributed by atoms with Crippen LogP contribution in [0.1, 0.15) is 6.42 Å². The van der Waals surface area contributed by atoms with Crippen molar-refractivity contribution < 1.29 is 23.8 Å². The van der Waals surface area contributed by atoms with Gasteiger partial charge in [0.05, 0.1) is 20.1 Å². The second kappa shape index (κ2) is 7.01. The molecule has 0 aliphatic carbocycles. The zero-order valence-electron chi connectivity index (χ0n) is 6.16. The predicted molar refractivity (Wildman–Crippen MR) is 34.2 cm³/mol. The first-order valence-corrected chi connectivity index (χ1v) is 2.94. The van der Waals surface area contributed by atoms with Crippen LogP contribution in [0.25, 0.3) is 0 Å². The van der Waals surface area contributed by atoms with E-state index in [1.807, 2.05) is 0 Å². The largest absolute Gasteiger partial charge is 0.469 e. The second-order valence-electron chi connectivity index (χ2n) is 1.58. The standard InChI is InChI=1S/C6H9O5/c1-9-6(8)2-3-10-5-11-4-7/h2-3,5H2,1H3. The minimum Gasteiger partial charge on any atom is -0.469 e. The summed E-state index contributed by atoms with van der Waals surface area (Å²) in [7, 11) is 1.29. The van der Waals surface area contributed by atoms with Crippen molar-refractivity contribution in [3.63, 3.8) is 0 Å².